The molecule has 2 heteroatoms. The van der Waals surface area contributed by atoms with Crippen molar-refractivity contribution in [2.24, 2.45) is 0 Å². The fourth-order valence-corrected chi connectivity index (χ4v) is 3.68. The highest BCUT2D eigenvalue weighted by Gasteiger charge is 2.26. The standard InChI is InChI=1S/C17H21NS/c1-11(2)13-6-7-14-9-12(3)18-17(15(14)10-13)16-5-4-8-19-16/h4-8,10-12,17-18H,9H2,1-3H3. The van der Waals surface area contributed by atoms with Gasteiger partial charge in [0, 0.05) is 10.9 Å². The quantitative estimate of drug-likeness (QED) is 0.848. The van der Waals surface area contributed by atoms with Crippen LogP contribution in [0.3, 0.4) is 0 Å². The van der Waals surface area contributed by atoms with Gasteiger partial charge in [0.15, 0.2) is 0 Å². The van der Waals surface area contributed by atoms with Crippen molar-refractivity contribution in [3.63, 3.8) is 0 Å². The summed E-state index contributed by atoms with van der Waals surface area (Å²) < 4.78 is 0. The summed E-state index contributed by atoms with van der Waals surface area (Å²) in [6.07, 6.45) is 1.13. The van der Waals surface area contributed by atoms with Crippen molar-refractivity contribution < 1.29 is 0 Å². The van der Waals surface area contributed by atoms with Crippen LogP contribution in [0.4, 0.5) is 0 Å². The van der Waals surface area contributed by atoms with Crippen LogP contribution < -0.4 is 5.32 Å². The summed E-state index contributed by atoms with van der Waals surface area (Å²) in [5, 5.41) is 5.92. The Bertz CT molecular complexity index is 557. The maximum Gasteiger partial charge on any atom is 0.0675 e. The average molecular weight is 271 g/mol. The molecule has 0 saturated heterocycles. The van der Waals surface area contributed by atoms with Crippen molar-refractivity contribution in [1.82, 2.24) is 5.32 Å². The van der Waals surface area contributed by atoms with Crippen molar-refractivity contribution in [3.05, 3.63) is 57.3 Å². The van der Waals surface area contributed by atoms with E-state index >= 15 is 0 Å². The summed E-state index contributed by atoms with van der Waals surface area (Å²) in [6.45, 7) is 6.81. The summed E-state index contributed by atoms with van der Waals surface area (Å²) in [5.74, 6) is 0.591. The van der Waals surface area contributed by atoms with E-state index in [-0.39, 0.29) is 0 Å². The number of nitrogens with one attached hydrogen (secondary N) is 1. The van der Waals surface area contributed by atoms with E-state index in [9.17, 15) is 0 Å². The lowest BCUT2D eigenvalue weighted by molar-refractivity contribution is 0.468. The molecule has 100 valence electrons. The van der Waals surface area contributed by atoms with Gasteiger partial charge in [-0.05, 0) is 47.4 Å². The summed E-state index contributed by atoms with van der Waals surface area (Å²) >= 11 is 1.85. The smallest absolute Gasteiger partial charge is 0.0675 e. The molecule has 1 aromatic heterocycles. The summed E-state index contributed by atoms with van der Waals surface area (Å²) in [4.78, 5) is 1.42. The molecule has 19 heavy (non-hydrogen) atoms. The minimum Gasteiger partial charge on any atom is -0.303 e. The molecule has 1 aliphatic heterocycles. The molecule has 0 spiro atoms. The van der Waals surface area contributed by atoms with Crippen LogP contribution in [-0.2, 0) is 6.42 Å². The molecule has 1 aromatic carbocycles. The first-order valence-electron chi connectivity index (χ1n) is 7.07. The molecule has 1 N–H and O–H groups in total. The monoisotopic (exact) mass is 271 g/mol. The zero-order chi connectivity index (χ0) is 13.4. The van der Waals surface area contributed by atoms with E-state index in [2.05, 4.69) is 61.8 Å². The largest absolute Gasteiger partial charge is 0.303 e. The molecule has 1 nitrogen and oxygen atoms in total. The highest BCUT2D eigenvalue weighted by Crippen LogP contribution is 2.34. The fourth-order valence-electron chi connectivity index (χ4n) is 2.88. The van der Waals surface area contributed by atoms with Gasteiger partial charge in [-0.1, -0.05) is 38.1 Å². The number of hydrogen-bond donors (Lipinski definition) is 1. The number of rotatable bonds is 2. The molecule has 1 aliphatic rings. The minimum absolute atomic E-state index is 0.373. The van der Waals surface area contributed by atoms with Gasteiger partial charge < -0.3 is 5.32 Å². The Morgan fingerprint density at radius 1 is 1.26 bits per heavy atom. The molecule has 0 amide bonds. The van der Waals surface area contributed by atoms with Gasteiger partial charge in [0.05, 0.1) is 6.04 Å². The van der Waals surface area contributed by atoms with E-state index in [1.165, 1.54) is 21.6 Å². The lowest BCUT2D eigenvalue weighted by Gasteiger charge is -2.31. The molecular weight excluding hydrogens is 250 g/mol. The minimum atomic E-state index is 0.373. The second kappa shape index (κ2) is 5.10. The molecule has 2 unspecified atom stereocenters. The summed E-state index contributed by atoms with van der Waals surface area (Å²) in [5.41, 5.74) is 4.43. The predicted octanol–water partition coefficient (Wildman–Crippen LogP) is 4.50. The molecule has 0 radical (unpaired) electrons. The van der Waals surface area contributed by atoms with Crippen LogP contribution in [0.2, 0.25) is 0 Å². The number of hydrogen-bond acceptors (Lipinski definition) is 2. The first kappa shape index (κ1) is 12.9. The third-order valence-electron chi connectivity index (χ3n) is 3.95. The van der Waals surface area contributed by atoms with Crippen LogP contribution in [0.1, 0.15) is 54.3 Å². The Labute approximate surface area is 119 Å². The predicted molar refractivity (Wildman–Crippen MR) is 83.0 cm³/mol. The molecule has 0 fully saturated rings. The topological polar surface area (TPSA) is 12.0 Å². The molecule has 2 atom stereocenters. The normalized spacial score (nSPS) is 22.5. The van der Waals surface area contributed by atoms with Crippen molar-refractivity contribution in [1.29, 1.82) is 0 Å². The highest BCUT2D eigenvalue weighted by atomic mass is 32.1. The average Bonchev–Trinajstić information content (AvgIpc) is 2.90. The number of benzene rings is 1. The SMILES string of the molecule is CC1Cc2ccc(C(C)C)cc2C(c2cccs2)N1. The van der Waals surface area contributed by atoms with Crippen molar-refractivity contribution in [2.45, 2.75) is 45.2 Å². The van der Waals surface area contributed by atoms with Gasteiger partial charge in [-0.3, -0.25) is 0 Å². The molecule has 2 aromatic rings. The lowest BCUT2D eigenvalue weighted by Crippen LogP contribution is -2.37. The van der Waals surface area contributed by atoms with E-state index in [0.29, 0.717) is 18.0 Å². The van der Waals surface area contributed by atoms with Gasteiger partial charge >= 0.3 is 0 Å². The maximum absolute atomic E-state index is 3.75. The maximum atomic E-state index is 3.75. The summed E-state index contributed by atoms with van der Waals surface area (Å²) in [6, 6.07) is 12.3. The van der Waals surface area contributed by atoms with Crippen LogP contribution in [0.15, 0.2) is 35.7 Å². The van der Waals surface area contributed by atoms with Crippen LogP contribution in [-0.4, -0.2) is 6.04 Å². The number of fused-ring (bicyclic) bond motifs is 1. The zero-order valence-electron chi connectivity index (χ0n) is 11.8. The van der Waals surface area contributed by atoms with E-state index in [1.807, 2.05) is 11.3 Å². The fraction of sp³-hybridized carbons (Fsp3) is 0.412. The summed E-state index contributed by atoms with van der Waals surface area (Å²) in [7, 11) is 0. The van der Waals surface area contributed by atoms with E-state index < -0.39 is 0 Å². The molecule has 2 heterocycles. The second-order valence-corrected chi connectivity index (χ2v) is 6.81. The highest BCUT2D eigenvalue weighted by molar-refractivity contribution is 7.10. The Balaban J connectivity index is 2.07. The molecular formula is C17H21NS. The van der Waals surface area contributed by atoms with Crippen molar-refractivity contribution in [3.8, 4) is 0 Å². The first-order chi connectivity index (χ1) is 9.15. The Kier molecular flexibility index (Phi) is 3.46. The van der Waals surface area contributed by atoms with E-state index in [1.54, 1.807) is 0 Å². The molecule has 0 saturated carbocycles. The van der Waals surface area contributed by atoms with Gasteiger partial charge in [-0.15, -0.1) is 11.3 Å². The van der Waals surface area contributed by atoms with E-state index in [4.69, 9.17) is 0 Å². The lowest BCUT2D eigenvalue weighted by atomic mass is 9.87. The zero-order valence-corrected chi connectivity index (χ0v) is 12.6. The van der Waals surface area contributed by atoms with Crippen LogP contribution >= 0.6 is 11.3 Å². The molecule has 0 bridgehead atoms. The van der Waals surface area contributed by atoms with Gasteiger partial charge in [0.25, 0.3) is 0 Å². The third-order valence-corrected chi connectivity index (χ3v) is 4.89. The third kappa shape index (κ3) is 2.47. The van der Waals surface area contributed by atoms with Crippen LogP contribution in [0, 0.1) is 0 Å². The Hall–Kier alpha value is -1.12. The number of thiophene rings is 1. The van der Waals surface area contributed by atoms with Gasteiger partial charge in [0.2, 0.25) is 0 Å². The Morgan fingerprint density at radius 2 is 2.11 bits per heavy atom. The van der Waals surface area contributed by atoms with Gasteiger partial charge in [-0.25, -0.2) is 0 Å². The van der Waals surface area contributed by atoms with Crippen molar-refractivity contribution >= 4 is 11.3 Å². The van der Waals surface area contributed by atoms with Crippen LogP contribution in [0.25, 0.3) is 0 Å². The molecule has 0 aliphatic carbocycles. The van der Waals surface area contributed by atoms with Crippen LogP contribution in [0.5, 0.6) is 0 Å². The molecule has 3 rings (SSSR count). The van der Waals surface area contributed by atoms with Crippen molar-refractivity contribution in [2.75, 3.05) is 0 Å². The Morgan fingerprint density at radius 3 is 2.79 bits per heavy atom. The first-order valence-corrected chi connectivity index (χ1v) is 7.95. The van der Waals surface area contributed by atoms with E-state index in [0.717, 1.165) is 6.42 Å². The van der Waals surface area contributed by atoms with Gasteiger partial charge in [-0.2, -0.15) is 0 Å². The van der Waals surface area contributed by atoms with Gasteiger partial charge in [0.1, 0.15) is 0 Å². The second-order valence-electron chi connectivity index (χ2n) is 5.83.